The summed E-state index contributed by atoms with van der Waals surface area (Å²) in [5.74, 6) is 1.28. The first-order valence-corrected chi connectivity index (χ1v) is 10.3. The van der Waals surface area contributed by atoms with E-state index in [1.54, 1.807) is 7.11 Å². The van der Waals surface area contributed by atoms with Crippen LogP contribution < -0.4 is 4.74 Å². The van der Waals surface area contributed by atoms with Gasteiger partial charge in [-0.1, -0.05) is 13.3 Å². The third kappa shape index (κ3) is 2.10. The van der Waals surface area contributed by atoms with Crippen LogP contribution in [-0.4, -0.2) is 55.0 Å². The second-order valence-corrected chi connectivity index (χ2v) is 8.83. The van der Waals surface area contributed by atoms with E-state index in [1.165, 1.54) is 7.11 Å². The lowest BCUT2D eigenvalue weighted by Crippen LogP contribution is -2.68. The van der Waals surface area contributed by atoms with Crippen LogP contribution >= 0.6 is 0 Å². The predicted octanol–water partition coefficient (Wildman–Crippen LogP) is 2.65. The van der Waals surface area contributed by atoms with Crippen molar-refractivity contribution in [3.63, 3.8) is 0 Å². The van der Waals surface area contributed by atoms with Gasteiger partial charge in [0.05, 0.1) is 25.6 Å². The Labute approximate surface area is 165 Å². The van der Waals surface area contributed by atoms with Crippen molar-refractivity contribution >= 4 is 17.4 Å². The van der Waals surface area contributed by atoms with Crippen molar-refractivity contribution in [2.75, 3.05) is 27.3 Å². The quantitative estimate of drug-likeness (QED) is 0.812. The molecule has 3 saturated heterocycles. The average molecular weight is 384 g/mol. The van der Waals surface area contributed by atoms with E-state index >= 15 is 0 Å². The van der Waals surface area contributed by atoms with E-state index in [0.29, 0.717) is 36.1 Å². The molecule has 0 spiro atoms. The van der Waals surface area contributed by atoms with E-state index in [4.69, 9.17) is 14.5 Å². The molecule has 6 heteroatoms. The molecule has 4 aliphatic heterocycles. The van der Waals surface area contributed by atoms with Crippen LogP contribution in [0.4, 0.5) is 5.69 Å². The van der Waals surface area contributed by atoms with Gasteiger partial charge in [0.15, 0.2) is 0 Å². The van der Waals surface area contributed by atoms with Crippen LogP contribution in [0.1, 0.15) is 38.2 Å². The van der Waals surface area contributed by atoms with Gasteiger partial charge in [-0.15, -0.1) is 0 Å². The predicted molar refractivity (Wildman–Crippen MR) is 105 cm³/mol. The molecule has 1 saturated carbocycles. The monoisotopic (exact) mass is 384 g/mol. The number of rotatable bonds is 3. The normalized spacial score (nSPS) is 40.2. The molecule has 1 N–H and O–H groups in total. The van der Waals surface area contributed by atoms with Crippen LogP contribution in [0.3, 0.4) is 0 Å². The fourth-order valence-corrected chi connectivity index (χ4v) is 6.59. The van der Waals surface area contributed by atoms with E-state index in [2.05, 4.69) is 11.8 Å². The maximum absolute atomic E-state index is 13.4. The van der Waals surface area contributed by atoms with Gasteiger partial charge < -0.3 is 14.6 Å². The Hall–Kier alpha value is -1.92. The van der Waals surface area contributed by atoms with Crippen molar-refractivity contribution in [2.45, 2.75) is 44.2 Å². The van der Waals surface area contributed by atoms with Crippen LogP contribution in [0, 0.1) is 17.3 Å². The molecule has 6 nitrogen and oxygen atoms in total. The third-order valence-electron chi connectivity index (χ3n) is 7.61. The number of piperidine rings is 2. The first kappa shape index (κ1) is 18.1. The third-order valence-corrected chi connectivity index (χ3v) is 7.61. The van der Waals surface area contributed by atoms with Crippen LogP contribution in [-0.2, 0) is 15.1 Å². The van der Waals surface area contributed by atoms with Crippen molar-refractivity contribution < 1.29 is 19.4 Å². The topological polar surface area (TPSA) is 71.4 Å². The zero-order chi connectivity index (χ0) is 19.7. The van der Waals surface area contributed by atoms with E-state index < -0.39 is 11.0 Å². The minimum absolute atomic E-state index is 0.0407. The van der Waals surface area contributed by atoms with Gasteiger partial charge in [0.25, 0.3) is 0 Å². The molecule has 28 heavy (non-hydrogen) atoms. The number of nitrogens with zero attached hydrogens (tertiary/aromatic N) is 2. The number of carbonyl (C=O) groups is 1. The largest absolute Gasteiger partial charge is 0.497 e. The number of hydrogen-bond acceptors (Lipinski definition) is 6. The van der Waals surface area contributed by atoms with Crippen molar-refractivity contribution in [3.05, 3.63) is 23.8 Å². The Kier molecular flexibility index (Phi) is 3.91. The standard InChI is InChI=1S/C22H28N2O4/c1-4-14-9-13-11-21(20(25)28-3)18(14)24(12-13)8-7-22(26)16-10-15(27-2)5-6-17(16)23-19(21)22/h5-6,10,13-14,18,26H,4,7-9,11-12H2,1-3H3/t13-,14-,18-,21-,22+/m0/s1. The zero-order valence-electron chi connectivity index (χ0n) is 16.8. The van der Waals surface area contributed by atoms with Crippen molar-refractivity contribution in [1.82, 2.24) is 4.90 Å². The van der Waals surface area contributed by atoms with Gasteiger partial charge >= 0.3 is 5.97 Å². The highest BCUT2D eigenvalue weighted by Crippen LogP contribution is 2.59. The summed E-state index contributed by atoms with van der Waals surface area (Å²) in [7, 11) is 3.08. The van der Waals surface area contributed by atoms with Gasteiger partial charge in [-0.25, -0.2) is 0 Å². The highest BCUT2D eigenvalue weighted by Gasteiger charge is 2.68. The molecule has 4 fully saturated rings. The van der Waals surface area contributed by atoms with Gasteiger partial charge in [-0.05, 0) is 49.3 Å². The van der Waals surface area contributed by atoms with Crippen LogP contribution in [0.15, 0.2) is 23.2 Å². The number of benzene rings is 1. The summed E-state index contributed by atoms with van der Waals surface area (Å²) in [5.41, 5.74) is -0.0401. The lowest BCUT2D eigenvalue weighted by atomic mass is 9.54. The Morgan fingerprint density at radius 1 is 1.39 bits per heavy atom. The summed E-state index contributed by atoms with van der Waals surface area (Å²) in [6.45, 7) is 3.95. The van der Waals surface area contributed by atoms with Gasteiger partial charge in [-0.3, -0.25) is 14.7 Å². The van der Waals surface area contributed by atoms with Gasteiger partial charge in [-0.2, -0.15) is 0 Å². The summed E-state index contributed by atoms with van der Waals surface area (Å²) < 4.78 is 10.8. The highest BCUT2D eigenvalue weighted by molar-refractivity contribution is 6.15. The van der Waals surface area contributed by atoms with Gasteiger partial charge in [0, 0.05) is 24.7 Å². The lowest BCUT2D eigenvalue weighted by molar-refractivity contribution is -0.164. The number of esters is 1. The molecule has 1 aliphatic carbocycles. The molecule has 0 aromatic heterocycles. The molecule has 4 heterocycles. The average Bonchev–Trinajstić information content (AvgIpc) is 3.00. The molecule has 6 atom stereocenters. The number of carbonyl (C=O) groups excluding carboxylic acids is 1. The molecule has 0 radical (unpaired) electrons. The molecule has 1 aromatic carbocycles. The lowest BCUT2D eigenvalue weighted by Gasteiger charge is -2.58. The number of aliphatic imine (C=N–C) groups is 1. The maximum atomic E-state index is 13.4. The van der Waals surface area contributed by atoms with Crippen molar-refractivity contribution in [1.29, 1.82) is 0 Å². The second kappa shape index (κ2) is 6.04. The van der Waals surface area contributed by atoms with Gasteiger partial charge in [0.1, 0.15) is 16.8 Å². The van der Waals surface area contributed by atoms with Crippen molar-refractivity contribution in [3.8, 4) is 5.75 Å². The number of aliphatic hydroxyl groups is 1. The Morgan fingerprint density at radius 2 is 2.21 bits per heavy atom. The molecule has 0 amide bonds. The fourth-order valence-electron chi connectivity index (χ4n) is 6.59. The Bertz CT molecular complexity index is 868. The molecule has 1 aromatic rings. The number of hydrogen-bond donors (Lipinski definition) is 1. The number of ether oxygens (including phenoxy) is 2. The molecule has 1 unspecified atom stereocenters. The smallest absolute Gasteiger partial charge is 0.319 e. The van der Waals surface area contributed by atoms with E-state index in [9.17, 15) is 9.90 Å². The van der Waals surface area contributed by atoms with Gasteiger partial charge in [0.2, 0.25) is 0 Å². The Balaban J connectivity index is 1.74. The van der Waals surface area contributed by atoms with Crippen LogP contribution in [0.5, 0.6) is 5.75 Å². The molecule has 4 bridgehead atoms. The second-order valence-electron chi connectivity index (χ2n) is 8.83. The van der Waals surface area contributed by atoms with Crippen LogP contribution in [0.2, 0.25) is 0 Å². The minimum Gasteiger partial charge on any atom is -0.497 e. The maximum Gasteiger partial charge on any atom is 0.319 e. The molecular weight excluding hydrogens is 356 g/mol. The van der Waals surface area contributed by atoms with Crippen molar-refractivity contribution in [2.24, 2.45) is 22.2 Å². The summed E-state index contributed by atoms with van der Waals surface area (Å²) >= 11 is 0. The SMILES string of the molecule is CC[C@H]1C[C@@H]2CN3CC[C@]4(O)C(=Nc5ccc(OC)cc54)[C@](C(=O)OC)(C2)[C@H]13. The molecule has 150 valence electrons. The first-order chi connectivity index (χ1) is 13.5. The number of fused-ring (bicyclic) bond motifs is 4. The molecular formula is C22H28N2O4. The summed E-state index contributed by atoms with van der Waals surface area (Å²) in [4.78, 5) is 20.7. The van der Waals surface area contributed by atoms with E-state index in [0.717, 1.165) is 37.2 Å². The minimum atomic E-state index is -1.25. The Morgan fingerprint density at radius 3 is 2.93 bits per heavy atom. The summed E-state index contributed by atoms with van der Waals surface area (Å²) in [6, 6.07) is 5.65. The molecule has 5 aliphatic rings. The molecule has 6 rings (SSSR count). The van der Waals surface area contributed by atoms with E-state index in [1.807, 2.05) is 18.2 Å². The summed E-state index contributed by atoms with van der Waals surface area (Å²) in [6.07, 6.45) is 3.40. The fraction of sp³-hybridized carbons (Fsp3) is 0.636. The van der Waals surface area contributed by atoms with Crippen LogP contribution in [0.25, 0.3) is 0 Å². The highest BCUT2D eigenvalue weighted by atomic mass is 16.5. The zero-order valence-corrected chi connectivity index (χ0v) is 16.8. The number of methoxy groups -OCH3 is 2. The van der Waals surface area contributed by atoms with E-state index in [-0.39, 0.29) is 12.0 Å². The first-order valence-electron chi connectivity index (χ1n) is 10.3. The summed E-state index contributed by atoms with van der Waals surface area (Å²) in [5, 5.41) is 12.0.